The largest absolute Gasteiger partial charge is 0.0616 e. The van der Waals surface area contributed by atoms with Crippen LogP contribution in [0.25, 0.3) is 53.9 Å². The molecule has 0 aromatic heterocycles. The zero-order chi connectivity index (χ0) is 17.4. The molecule has 6 rings (SSSR count). The molecule has 122 valence electrons. The monoisotopic (exact) mass is 330 g/mol. The van der Waals surface area contributed by atoms with E-state index >= 15 is 0 Å². The summed E-state index contributed by atoms with van der Waals surface area (Å²) in [5.41, 5.74) is 2.75. The van der Waals surface area contributed by atoms with Crippen molar-refractivity contribution in [2.45, 2.75) is 13.8 Å². The maximum Gasteiger partial charge on any atom is -0.00113 e. The molecule has 0 fully saturated rings. The van der Waals surface area contributed by atoms with E-state index < -0.39 is 0 Å². The molecule has 0 unspecified atom stereocenters. The van der Waals surface area contributed by atoms with Crippen LogP contribution < -0.4 is 0 Å². The minimum Gasteiger partial charge on any atom is -0.0616 e. The molecule has 26 heavy (non-hydrogen) atoms. The van der Waals surface area contributed by atoms with Crippen molar-refractivity contribution in [2.24, 2.45) is 0 Å². The van der Waals surface area contributed by atoms with Gasteiger partial charge in [-0.25, -0.2) is 0 Å². The number of aryl methyl sites for hydroxylation is 2. The van der Waals surface area contributed by atoms with Gasteiger partial charge in [-0.1, -0.05) is 66.7 Å². The van der Waals surface area contributed by atoms with E-state index in [-0.39, 0.29) is 0 Å². The van der Waals surface area contributed by atoms with Crippen molar-refractivity contribution >= 4 is 53.9 Å². The van der Waals surface area contributed by atoms with Crippen LogP contribution >= 0.6 is 0 Å². The van der Waals surface area contributed by atoms with E-state index in [4.69, 9.17) is 0 Å². The lowest BCUT2D eigenvalue weighted by molar-refractivity contribution is 1.39. The van der Waals surface area contributed by atoms with Gasteiger partial charge in [0.15, 0.2) is 0 Å². The van der Waals surface area contributed by atoms with Crippen LogP contribution in [0.15, 0.2) is 72.8 Å². The highest BCUT2D eigenvalue weighted by molar-refractivity contribution is 6.39. The van der Waals surface area contributed by atoms with Crippen LogP contribution in [0.3, 0.4) is 0 Å². The molecule has 0 amide bonds. The maximum absolute atomic E-state index is 2.35. The highest BCUT2D eigenvalue weighted by atomic mass is 14.2. The Kier molecular flexibility index (Phi) is 2.57. The Balaban J connectivity index is 2.15. The molecule has 0 aliphatic heterocycles. The average molecular weight is 330 g/mol. The van der Waals surface area contributed by atoms with Crippen molar-refractivity contribution in [2.75, 3.05) is 0 Å². The lowest BCUT2D eigenvalue weighted by Crippen LogP contribution is -1.92. The molecule has 0 atom stereocenters. The van der Waals surface area contributed by atoms with Gasteiger partial charge < -0.3 is 0 Å². The van der Waals surface area contributed by atoms with E-state index in [1.807, 2.05) is 0 Å². The average Bonchev–Trinajstić information content (AvgIpc) is 2.68. The van der Waals surface area contributed by atoms with Crippen LogP contribution in [0.5, 0.6) is 0 Å². The fourth-order valence-corrected chi connectivity index (χ4v) is 4.78. The van der Waals surface area contributed by atoms with Crippen LogP contribution in [0.4, 0.5) is 0 Å². The molecule has 0 aliphatic rings. The molecule has 0 nitrogen and oxygen atoms in total. The van der Waals surface area contributed by atoms with Gasteiger partial charge in [0.05, 0.1) is 0 Å². The Bertz CT molecular complexity index is 1490. The van der Waals surface area contributed by atoms with Crippen molar-refractivity contribution in [1.29, 1.82) is 0 Å². The lowest BCUT2D eigenvalue weighted by Gasteiger charge is -2.18. The quantitative estimate of drug-likeness (QED) is 0.200. The van der Waals surface area contributed by atoms with Crippen LogP contribution in [0, 0.1) is 13.8 Å². The highest BCUT2D eigenvalue weighted by Crippen LogP contribution is 2.44. The van der Waals surface area contributed by atoms with Crippen molar-refractivity contribution in [3.63, 3.8) is 0 Å². The minimum atomic E-state index is 1.32. The summed E-state index contributed by atoms with van der Waals surface area (Å²) in [6, 6.07) is 27.0. The predicted octanol–water partition coefficient (Wildman–Crippen LogP) is 7.51. The number of rotatable bonds is 0. The summed E-state index contributed by atoms with van der Waals surface area (Å²) >= 11 is 0. The number of hydrogen-bond acceptors (Lipinski definition) is 0. The third-order valence-electron chi connectivity index (χ3n) is 6.14. The topological polar surface area (TPSA) is 0 Å². The molecule has 0 aliphatic carbocycles. The Hall–Kier alpha value is -3.12. The van der Waals surface area contributed by atoms with Crippen LogP contribution in [0.2, 0.25) is 0 Å². The molecule has 0 saturated carbocycles. The summed E-state index contributed by atoms with van der Waals surface area (Å²) in [5, 5.41) is 13.7. The first-order chi connectivity index (χ1) is 12.7. The molecule has 6 aromatic carbocycles. The Morgan fingerprint density at radius 3 is 2.12 bits per heavy atom. The molecule has 0 heteroatoms. The van der Waals surface area contributed by atoms with E-state index in [9.17, 15) is 0 Å². The third-order valence-corrected chi connectivity index (χ3v) is 6.14. The highest BCUT2D eigenvalue weighted by Gasteiger charge is 2.17. The molecule has 0 radical (unpaired) electrons. The predicted molar refractivity (Wildman–Crippen MR) is 115 cm³/mol. The maximum atomic E-state index is 2.35. The summed E-state index contributed by atoms with van der Waals surface area (Å²) in [6.45, 7) is 4.49. The summed E-state index contributed by atoms with van der Waals surface area (Å²) in [4.78, 5) is 0. The normalized spacial score (nSPS) is 12.2. The van der Waals surface area contributed by atoms with E-state index in [0.29, 0.717) is 0 Å². The van der Waals surface area contributed by atoms with Gasteiger partial charge in [-0.2, -0.15) is 0 Å². The molecule has 0 bridgehead atoms. The molecule has 0 N–H and O–H groups in total. The number of fused-ring (bicyclic) bond motifs is 5. The first kappa shape index (κ1) is 14.1. The fraction of sp³-hybridized carbons (Fsp3) is 0.0769. The van der Waals surface area contributed by atoms with Crippen LogP contribution in [-0.2, 0) is 0 Å². The summed E-state index contributed by atoms with van der Waals surface area (Å²) in [7, 11) is 0. The second-order valence-corrected chi connectivity index (χ2v) is 7.47. The molecule has 6 aromatic rings. The Morgan fingerprint density at radius 1 is 0.462 bits per heavy atom. The van der Waals surface area contributed by atoms with E-state index in [0.717, 1.165) is 0 Å². The number of hydrogen-bond donors (Lipinski definition) is 0. The molecular formula is C26H18. The van der Waals surface area contributed by atoms with Gasteiger partial charge in [0.1, 0.15) is 0 Å². The zero-order valence-electron chi connectivity index (χ0n) is 14.9. The molecule has 0 spiro atoms. The van der Waals surface area contributed by atoms with Gasteiger partial charge >= 0.3 is 0 Å². The molecule has 0 heterocycles. The van der Waals surface area contributed by atoms with Crippen molar-refractivity contribution in [1.82, 2.24) is 0 Å². The Labute approximate surface area is 152 Å². The van der Waals surface area contributed by atoms with Gasteiger partial charge in [0.25, 0.3) is 0 Å². The number of benzene rings is 6. The van der Waals surface area contributed by atoms with Gasteiger partial charge in [-0.05, 0) is 84.9 Å². The lowest BCUT2D eigenvalue weighted by atomic mass is 9.85. The minimum absolute atomic E-state index is 1.32. The van der Waals surface area contributed by atoms with Crippen molar-refractivity contribution < 1.29 is 0 Å². The van der Waals surface area contributed by atoms with E-state index in [1.165, 1.54) is 65.0 Å². The van der Waals surface area contributed by atoms with Crippen LogP contribution in [0.1, 0.15) is 11.1 Å². The van der Waals surface area contributed by atoms with Crippen molar-refractivity contribution in [3.05, 3.63) is 83.9 Å². The molecular weight excluding hydrogens is 312 g/mol. The first-order valence-corrected chi connectivity index (χ1v) is 9.22. The summed E-state index contributed by atoms with van der Waals surface area (Å²) < 4.78 is 0. The third kappa shape index (κ3) is 1.60. The van der Waals surface area contributed by atoms with Gasteiger partial charge in [-0.3, -0.25) is 0 Å². The summed E-state index contributed by atoms with van der Waals surface area (Å²) in [6.07, 6.45) is 0. The summed E-state index contributed by atoms with van der Waals surface area (Å²) in [5.74, 6) is 0. The van der Waals surface area contributed by atoms with E-state index in [2.05, 4.69) is 86.6 Å². The second kappa shape index (κ2) is 4.74. The van der Waals surface area contributed by atoms with Gasteiger partial charge in [0.2, 0.25) is 0 Å². The smallest absolute Gasteiger partial charge is 0.00113 e. The van der Waals surface area contributed by atoms with Crippen molar-refractivity contribution in [3.8, 4) is 0 Å². The first-order valence-electron chi connectivity index (χ1n) is 9.22. The molecule has 0 saturated heterocycles. The SMILES string of the molecule is Cc1ccc2c3cccc4ccc5cc6ccccc6c(c2c1C)c5c43. The standard InChI is InChI=1S/C26H18/c1-15-10-13-22-21-9-5-7-17-11-12-19-14-18-6-3-4-8-20(18)26(23(22)16(15)2)25(19)24(17)21/h3-14H,1-2H3. The zero-order valence-corrected chi connectivity index (χ0v) is 14.9. The second-order valence-electron chi connectivity index (χ2n) is 7.47. The Morgan fingerprint density at radius 2 is 1.19 bits per heavy atom. The van der Waals surface area contributed by atoms with E-state index in [1.54, 1.807) is 0 Å². The van der Waals surface area contributed by atoms with Gasteiger partial charge in [-0.15, -0.1) is 0 Å². The van der Waals surface area contributed by atoms with Crippen LogP contribution in [-0.4, -0.2) is 0 Å². The van der Waals surface area contributed by atoms with Gasteiger partial charge in [0, 0.05) is 0 Å². The fourth-order valence-electron chi connectivity index (χ4n) is 4.78.